The molecule has 0 aliphatic rings. The molecule has 0 bridgehead atoms. The molecule has 0 amide bonds. The number of rotatable bonds is 6. The van der Waals surface area contributed by atoms with Gasteiger partial charge in [-0.25, -0.2) is 0 Å². The molecule has 0 atom stereocenters. The van der Waals surface area contributed by atoms with Crippen LogP contribution < -0.4 is 10.6 Å². The lowest BCUT2D eigenvalue weighted by Gasteiger charge is -2.26. The van der Waals surface area contributed by atoms with Crippen molar-refractivity contribution in [2.24, 2.45) is 0 Å². The lowest BCUT2D eigenvalue weighted by molar-refractivity contribution is 1.13. The number of nitrogens with zero attached hydrogens (tertiary/aromatic N) is 1. The maximum atomic E-state index is 5.83. The first-order valence-corrected chi connectivity index (χ1v) is 10.6. The summed E-state index contributed by atoms with van der Waals surface area (Å²) in [6.07, 6.45) is 2.09. The van der Waals surface area contributed by atoms with Crippen LogP contribution in [0.3, 0.4) is 0 Å². The minimum absolute atomic E-state index is 0.785. The molecule has 0 unspecified atom stereocenters. The monoisotopic (exact) mass is 392 g/mol. The SMILES string of the molecule is CCc1ccc(N(c2ccc(CC)cc2)c2ccc(-c3ccc(N)cc3)cc2)cc1. The summed E-state index contributed by atoms with van der Waals surface area (Å²) in [4.78, 5) is 2.31. The number of benzene rings is 4. The Morgan fingerprint density at radius 3 is 1.20 bits per heavy atom. The second kappa shape index (κ2) is 8.87. The van der Waals surface area contributed by atoms with Crippen LogP contribution in [0.15, 0.2) is 97.1 Å². The van der Waals surface area contributed by atoms with Crippen molar-refractivity contribution in [3.63, 3.8) is 0 Å². The van der Waals surface area contributed by atoms with Crippen LogP contribution in [0.2, 0.25) is 0 Å². The number of aryl methyl sites for hydroxylation is 2. The zero-order valence-electron chi connectivity index (χ0n) is 17.7. The predicted octanol–water partition coefficient (Wildman–Crippen LogP) is 7.53. The molecule has 0 fully saturated rings. The van der Waals surface area contributed by atoms with E-state index in [4.69, 9.17) is 5.73 Å². The molecule has 2 nitrogen and oxygen atoms in total. The smallest absolute Gasteiger partial charge is 0.0462 e. The van der Waals surface area contributed by atoms with E-state index in [-0.39, 0.29) is 0 Å². The maximum Gasteiger partial charge on any atom is 0.0462 e. The standard InChI is InChI=1S/C28H28N2/c1-3-21-5-15-26(16-6-21)30(27-17-7-22(4-2)8-18-27)28-19-11-24(12-20-28)23-9-13-25(29)14-10-23/h5-20H,3-4,29H2,1-2H3. The third kappa shape index (κ3) is 4.23. The van der Waals surface area contributed by atoms with Crippen molar-refractivity contribution in [2.75, 3.05) is 10.6 Å². The van der Waals surface area contributed by atoms with E-state index in [9.17, 15) is 0 Å². The highest BCUT2D eigenvalue weighted by Crippen LogP contribution is 2.36. The van der Waals surface area contributed by atoms with Crippen molar-refractivity contribution >= 4 is 22.7 Å². The second-order valence-electron chi connectivity index (χ2n) is 7.54. The minimum Gasteiger partial charge on any atom is -0.399 e. The molecule has 0 spiro atoms. The molecule has 150 valence electrons. The lowest BCUT2D eigenvalue weighted by Crippen LogP contribution is -2.10. The molecule has 4 aromatic carbocycles. The first kappa shape index (κ1) is 19.8. The van der Waals surface area contributed by atoms with Crippen LogP contribution in [0.5, 0.6) is 0 Å². The van der Waals surface area contributed by atoms with E-state index in [1.807, 2.05) is 12.1 Å². The molecule has 0 aromatic heterocycles. The fraction of sp³-hybridized carbons (Fsp3) is 0.143. The van der Waals surface area contributed by atoms with E-state index in [0.717, 1.165) is 35.6 Å². The highest BCUT2D eigenvalue weighted by Gasteiger charge is 2.12. The summed E-state index contributed by atoms with van der Waals surface area (Å²) < 4.78 is 0. The molecule has 0 saturated carbocycles. The Morgan fingerprint density at radius 1 is 0.500 bits per heavy atom. The van der Waals surface area contributed by atoms with Crippen LogP contribution in [0, 0.1) is 0 Å². The van der Waals surface area contributed by atoms with E-state index >= 15 is 0 Å². The first-order valence-electron chi connectivity index (χ1n) is 10.6. The van der Waals surface area contributed by atoms with Gasteiger partial charge in [-0.2, -0.15) is 0 Å². The summed E-state index contributed by atoms with van der Waals surface area (Å²) in [6, 6.07) is 34.4. The largest absolute Gasteiger partial charge is 0.399 e. The Labute approximate surface area is 179 Å². The van der Waals surface area contributed by atoms with Gasteiger partial charge in [0.25, 0.3) is 0 Å². The zero-order chi connectivity index (χ0) is 20.9. The van der Waals surface area contributed by atoms with Crippen molar-refractivity contribution in [1.29, 1.82) is 0 Å². The average Bonchev–Trinajstić information content (AvgIpc) is 2.81. The molecule has 0 aliphatic carbocycles. The summed E-state index contributed by atoms with van der Waals surface area (Å²) >= 11 is 0. The van der Waals surface area contributed by atoms with Crippen LogP contribution in [0.4, 0.5) is 22.7 Å². The number of nitrogen functional groups attached to an aromatic ring is 1. The molecule has 0 saturated heterocycles. The van der Waals surface area contributed by atoms with Crippen molar-refractivity contribution in [2.45, 2.75) is 26.7 Å². The Morgan fingerprint density at radius 2 is 0.833 bits per heavy atom. The van der Waals surface area contributed by atoms with Crippen LogP contribution >= 0.6 is 0 Å². The van der Waals surface area contributed by atoms with Crippen LogP contribution in [-0.2, 0) is 12.8 Å². The molecule has 0 aliphatic heterocycles. The van der Waals surface area contributed by atoms with Crippen LogP contribution in [0.1, 0.15) is 25.0 Å². The lowest BCUT2D eigenvalue weighted by atomic mass is 10.0. The maximum absolute atomic E-state index is 5.83. The number of hydrogen-bond acceptors (Lipinski definition) is 2. The quantitative estimate of drug-likeness (QED) is 0.344. The molecule has 0 heterocycles. The van der Waals surface area contributed by atoms with Gasteiger partial charge in [0.05, 0.1) is 0 Å². The van der Waals surface area contributed by atoms with E-state index in [1.54, 1.807) is 0 Å². The Balaban J connectivity index is 1.73. The van der Waals surface area contributed by atoms with Crippen LogP contribution in [-0.4, -0.2) is 0 Å². The summed E-state index contributed by atoms with van der Waals surface area (Å²) in [6.45, 7) is 4.37. The minimum atomic E-state index is 0.785. The van der Waals surface area contributed by atoms with Gasteiger partial charge in [-0.15, -0.1) is 0 Å². The van der Waals surface area contributed by atoms with Crippen molar-refractivity contribution in [1.82, 2.24) is 0 Å². The summed E-state index contributed by atoms with van der Waals surface area (Å²) in [5.74, 6) is 0. The van der Waals surface area contributed by atoms with Gasteiger partial charge < -0.3 is 10.6 Å². The summed E-state index contributed by atoms with van der Waals surface area (Å²) in [5, 5.41) is 0. The van der Waals surface area contributed by atoms with Gasteiger partial charge >= 0.3 is 0 Å². The summed E-state index contributed by atoms with van der Waals surface area (Å²) in [5.41, 5.74) is 15.1. The second-order valence-corrected chi connectivity index (χ2v) is 7.54. The predicted molar refractivity (Wildman–Crippen MR) is 130 cm³/mol. The number of anilines is 4. The molecular weight excluding hydrogens is 364 g/mol. The van der Waals surface area contributed by atoms with Gasteiger partial charge in [-0.1, -0.05) is 62.4 Å². The molecule has 2 N–H and O–H groups in total. The molecule has 30 heavy (non-hydrogen) atoms. The van der Waals surface area contributed by atoms with E-state index < -0.39 is 0 Å². The van der Waals surface area contributed by atoms with E-state index in [0.29, 0.717) is 0 Å². The molecule has 0 radical (unpaired) electrons. The third-order valence-corrected chi connectivity index (χ3v) is 5.58. The Kier molecular flexibility index (Phi) is 5.85. The molecule has 4 rings (SSSR count). The van der Waals surface area contributed by atoms with Gasteiger partial charge in [-0.3, -0.25) is 0 Å². The van der Waals surface area contributed by atoms with E-state index in [1.165, 1.54) is 22.3 Å². The molecule has 2 heteroatoms. The van der Waals surface area contributed by atoms with Crippen molar-refractivity contribution in [3.05, 3.63) is 108 Å². The number of nitrogens with two attached hydrogens (primary N) is 1. The zero-order valence-corrected chi connectivity index (χ0v) is 17.7. The Hall–Kier alpha value is -3.52. The first-order chi connectivity index (χ1) is 14.7. The van der Waals surface area contributed by atoms with Crippen molar-refractivity contribution in [3.8, 4) is 11.1 Å². The topological polar surface area (TPSA) is 29.3 Å². The highest BCUT2D eigenvalue weighted by molar-refractivity contribution is 5.78. The third-order valence-electron chi connectivity index (χ3n) is 5.58. The van der Waals surface area contributed by atoms with Crippen molar-refractivity contribution < 1.29 is 0 Å². The fourth-order valence-corrected chi connectivity index (χ4v) is 3.69. The highest BCUT2D eigenvalue weighted by atomic mass is 15.1. The van der Waals surface area contributed by atoms with Gasteiger partial charge in [0.1, 0.15) is 0 Å². The molecule has 4 aromatic rings. The van der Waals surface area contributed by atoms with Gasteiger partial charge in [0, 0.05) is 22.7 Å². The fourth-order valence-electron chi connectivity index (χ4n) is 3.69. The molecular formula is C28H28N2. The van der Waals surface area contributed by atoms with Crippen LogP contribution in [0.25, 0.3) is 11.1 Å². The summed E-state index contributed by atoms with van der Waals surface area (Å²) in [7, 11) is 0. The van der Waals surface area contributed by atoms with E-state index in [2.05, 4.69) is 104 Å². The van der Waals surface area contributed by atoms with Gasteiger partial charge in [0.2, 0.25) is 0 Å². The Bertz CT molecular complexity index is 1030. The van der Waals surface area contributed by atoms with Gasteiger partial charge in [-0.05, 0) is 83.6 Å². The van der Waals surface area contributed by atoms with Gasteiger partial charge in [0.15, 0.2) is 0 Å². The number of hydrogen-bond donors (Lipinski definition) is 1. The normalized spacial score (nSPS) is 10.7. The average molecular weight is 393 g/mol.